The molecule has 1 saturated heterocycles. The fourth-order valence-corrected chi connectivity index (χ4v) is 5.98. The fraction of sp³-hybridized carbons (Fsp3) is 0.577. The first-order valence-electron chi connectivity index (χ1n) is 12.2. The van der Waals surface area contributed by atoms with Gasteiger partial charge >= 0.3 is 0 Å². The average Bonchev–Trinajstić information content (AvgIpc) is 2.77. The minimum atomic E-state index is 0.0492. The van der Waals surface area contributed by atoms with Gasteiger partial charge in [-0.3, -0.25) is 0 Å². The number of hydrogen-bond donors (Lipinski definition) is 2. The van der Waals surface area contributed by atoms with Gasteiger partial charge in [0, 0.05) is 41.8 Å². The molecule has 1 saturated carbocycles. The molecule has 7 heteroatoms. The first-order valence-corrected chi connectivity index (χ1v) is 13.0. The summed E-state index contributed by atoms with van der Waals surface area (Å²) < 4.78 is 0. The van der Waals surface area contributed by atoms with Gasteiger partial charge in [-0.25, -0.2) is 4.98 Å². The van der Waals surface area contributed by atoms with Crippen LogP contribution in [-0.2, 0) is 5.41 Å². The third kappa shape index (κ3) is 6.15. The van der Waals surface area contributed by atoms with E-state index >= 15 is 0 Å². The van der Waals surface area contributed by atoms with E-state index in [1.165, 1.54) is 31.2 Å². The number of rotatable bonds is 5. The summed E-state index contributed by atoms with van der Waals surface area (Å²) in [6.07, 6.45) is 7.29. The van der Waals surface area contributed by atoms with Crippen molar-refractivity contribution in [2.24, 2.45) is 11.8 Å². The van der Waals surface area contributed by atoms with Gasteiger partial charge in [0.1, 0.15) is 5.82 Å². The number of piperidine rings is 1. The van der Waals surface area contributed by atoms with Crippen LogP contribution >= 0.6 is 23.8 Å². The molecule has 1 aliphatic carbocycles. The molecule has 0 amide bonds. The molecule has 1 aliphatic heterocycles. The normalized spacial score (nSPS) is 22.6. The number of anilines is 2. The lowest BCUT2D eigenvalue weighted by Gasteiger charge is -2.38. The van der Waals surface area contributed by atoms with Crippen molar-refractivity contribution in [1.29, 1.82) is 0 Å². The SMILES string of the molecule is Cc1cc(N2C[C@H](C)C[C@H](C)C2)nc(NC(=S)NCC2(c3cccc(Cl)c3)CCCCC2)n1. The molecule has 2 fully saturated rings. The Morgan fingerprint density at radius 3 is 2.55 bits per heavy atom. The molecule has 0 unspecified atom stereocenters. The maximum Gasteiger partial charge on any atom is 0.231 e. The number of nitrogens with one attached hydrogen (secondary N) is 2. The van der Waals surface area contributed by atoms with Crippen LogP contribution in [0.15, 0.2) is 30.3 Å². The summed E-state index contributed by atoms with van der Waals surface area (Å²) in [4.78, 5) is 11.8. The second kappa shape index (κ2) is 10.6. The van der Waals surface area contributed by atoms with E-state index in [4.69, 9.17) is 28.8 Å². The standard InChI is InChI=1S/C26H36ClN5S/c1-18-12-19(2)16-32(15-18)23-13-20(3)29-24(30-23)31-25(33)28-17-26(10-5-4-6-11-26)21-8-7-9-22(27)14-21/h7-9,13-14,18-19H,4-6,10-12,15-17H2,1-3H3,(H2,28,29,30,31,33)/t18-,19+. The molecule has 33 heavy (non-hydrogen) atoms. The second-order valence-electron chi connectivity index (χ2n) is 10.2. The van der Waals surface area contributed by atoms with Gasteiger partial charge < -0.3 is 15.5 Å². The smallest absolute Gasteiger partial charge is 0.231 e. The molecule has 2 N–H and O–H groups in total. The zero-order valence-electron chi connectivity index (χ0n) is 20.0. The Bertz CT molecular complexity index is 965. The Kier molecular flexibility index (Phi) is 7.75. The lowest BCUT2D eigenvalue weighted by atomic mass is 9.69. The van der Waals surface area contributed by atoms with E-state index < -0.39 is 0 Å². The molecule has 2 atom stereocenters. The van der Waals surface area contributed by atoms with E-state index in [0.717, 1.165) is 49.0 Å². The van der Waals surface area contributed by atoms with Gasteiger partial charge in [-0.2, -0.15) is 4.98 Å². The predicted molar refractivity (Wildman–Crippen MR) is 142 cm³/mol. The van der Waals surface area contributed by atoms with Gasteiger partial charge in [0.25, 0.3) is 0 Å². The van der Waals surface area contributed by atoms with Gasteiger partial charge in [0.2, 0.25) is 5.95 Å². The lowest BCUT2D eigenvalue weighted by molar-refractivity contribution is 0.292. The van der Waals surface area contributed by atoms with Crippen molar-refractivity contribution in [3.05, 3.63) is 46.6 Å². The van der Waals surface area contributed by atoms with Crippen LogP contribution in [0.3, 0.4) is 0 Å². The second-order valence-corrected chi connectivity index (χ2v) is 11.0. The molecule has 0 radical (unpaired) electrons. The largest absolute Gasteiger partial charge is 0.361 e. The van der Waals surface area contributed by atoms with Crippen molar-refractivity contribution in [3.63, 3.8) is 0 Å². The lowest BCUT2D eigenvalue weighted by Crippen LogP contribution is -2.43. The number of halogens is 1. The highest BCUT2D eigenvalue weighted by atomic mass is 35.5. The van der Waals surface area contributed by atoms with E-state index in [1.807, 2.05) is 13.0 Å². The average molecular weight is 486 g/mol. The molecule has 0 spiro atoms. The van der Waals surface area contributed by atoms with Crippen LogP contribution < -0.4 is 15.5 Å². The van der Waals surface area contributed by atoms with E-state index in [-0.39, 0.29) is 5.41 Å². The highest BCUT2D eigenvalue weighted by Crippen LogP contribution is 2.39. The van der Waals surface area contributed by atoms with Crippen molar-refractivity contribution in [1.82, 2.24) is 15.3 Å². The highest BCUT2D eigenvalue weighted by Gasteiger charge is 2.34. The summed E-state index contributed by atoms with van der Waals surface area (Å²) in [6.45, 7) is 9.49. The number of benzene rings is 1. The minimum Gasteiger partial charge on any atom is -0.361 e. The van der Waals surface area contributed by atoms with E-state index in [2.05, 4.69) is 58.6 Å². The highest BCUT2D eigenvalue weighted by molar-refractivity contribution is 7.80. The summed E-state index contributed by atoms with van der Waals surface area (Å²) >= 11 is 12.0. The molecule has 2 aromatic rings. The van der Waals surface area contributed by atoms with E-state index in [1.54, 1.807) is 0 Å². The van der Waals surface area contributed by atoms with Gasteiger partial charge in [-0.1, -0.05) is 56.8 Å². The van der Waals surface area contributed by atoms with Crippen LogP contribution in [0.25, 0.3) is 0 Å². The van der Waals surface area contributed by atoms with Crippen LogP contribution in [0.5, 0.6) is 0 Å². The monoisotopic (exact) mass is 485 g/mol. The quantitative estimate of drug-likeness (QED) is 0.498. The summed E-state index contributed by atoms with van der Waals surface area (Å²) in [6, 6.07) is 10.4. The van der Waals surface area contributed by atoms with Crippen LogP contribution in [0.2, 0.25) is 5.02 Å². The maximum absolute atomic E-state index is 6.33. The number of nitrogens with zero attached hydrogens (tertiary/aromatic N) is 3. The van der Waals surface area contributed by atoms with Crippen LogP contribution in [-0.4, -0.2) is 34.7 Å². The number of aryl methyl sites for hydroxylation is 1. The molecule has 4 rings (SSSR count). The topological polar surface area (TPSA) is 53.1 Å². The predicted octanol–water partition coefficient (Wildman–Crippen LogP) is 6.11. The number of thiocarbonyl (C=S) groups is 1. The Morgan fingerprint density at radius 2 is 1.85 bits per heavy atom. The van der Waals surface area contributed by atoms with Crippen molar-refractivity contribution in [2.75, 3.05) is 29.9 Å². The third-order valence-electron chi connectivity index (χ3n) is 7.09. The van der Waals surface area contributed by atoms with E-state index in [9.17, 15) is 0 Å². The summed E-state index contributed by atoms with van der Waals surface area (Å²) in [5.74, 6) is 2.88. The summed E-state index contributed by atoms with van der Waals surface area (Å²) in [7, 11) is 0. The molecule has 2 aliphatic rings. The van der Waals surface area contributed by atoms with Gasteiger partial charge in [-0.05, 0) is 67.9 Å². The van der Waals surface area contributed by atoms with Crippen molar-refractivity contribution < 1.29 is 0 Å². The molecule has 1 aromatic heterocycles. The summed E-state index contributed by atoms with van der Waals surface area (Å²) in [5.41, 5.74) is 2.29. The first kappa shape index (κ1) is 24.2. The van der Waals surface area contributed by atoms with E-state index in [0.29, 0.717) is 22.9 Å². The van der Waals surface area contributed by atoms with Crippen LogP contribution in [0.1, 0.15) is 63.6 Å². The van der Waals surface area contributed by atoms with Crippen LogP contribution in [0, 0.1) is 18.8 Å². The van der Waals surface area contributed by atoms with Crippen molar-refractivity contribution >= 4 is 40.7 Å². The number of hydrogen-bond acceptors (Lipinski definition) is 4. The first-order chi connectivity index (χ1) is 15.8. The minimum absolute atomic E-state index is 0.0492. The van der Waals surface area contributed by atoms with Crippen LogP contribution in [0.4, 0.5) is 11.8 Å². The Balaban J connectivity index is 1.44. The van der Waals surface area contributed by atoms with Gasteiger partial charge in [0.15, 0.2) is 5.11 Å². The van der Waals surface area contributed by atoms with Crippen molar-refractivity contribution in [2.45, 2.75) is 64.7 Å². The van der Waals surface area contributed by atoms with Gasteiger partial charge in [-0.15, -0.1) is 0 Å². The fourth-order valence-electron chi connectivity index (χ4n) is 5.63. The number of aromatic nitrogens is 2. The molecular weight excluding hydrogens is 450 g/mol. The molecule has 1 aromatic carbocycles. The van der Waals surface area contributed by atoms with Gasteiger partial charge in [0.05, 0.1) is 0 Å². The molecular formula is C26H36ClN5S. The summed E-state index contributed by atoms with van der Waals surface area (Å²) in [5, 5.41) is 8.09. The molecule has 0 bridgehead atoms. The Hall–Kier alpha value is -1.92. The maximum atomic E-state index is 6.33. The molecule has 178 valence electrons. The zero-order valence-corrected chi connectivity index (χ0v) is 21.6. The third-order valence-corrected chi connectivity index (χ3v) is 7.58. The Morgan fingerprint density at radius 1 is 1.12 bits per heavy atom. The molecule has 2 heterocycles. The Labute approximate surface area is 208 Å². The molecule has 5 nitrogen and oxygen atoms in total. The zero-order chi connectivity index (χ0) is 23.4. The van der Waals surface area contributed by atoms with Crippen molar-refractivity contribution in [3.8, 4) is 0 Å².